The van der Waals surface area contributed by atoms with Gasteiger partial charge in [0, 0.05) is 17.7 Å². The molecule has 158 valence electrons. The maximum atomic E-state index is 10.9. The van der Waals surface area contributed by atoms with Gasteiger partial charge in [0.2, 0.25) is 11.2 Å². The molecular formula is C17H19N6O7+. The van der Waals surface area contributed by atoms with Crippen LogP contribution in [-0.4, -0.2) is 59.7 Å². The summed E-state index contributed by atoms with van der Waals surface area (Å²) in [5.74, 6) is 0.107. The Kier molecular flexibility index (Phi) is 5.17. The van der Waals surface area contributed by atoms with Crippen molar-refractivity contribution in [3.8, 4) is 0 Å². The summed E-state index contributed by atoms with van der Waals surface area (Å²) in [5, 5.41) is 40.3. The van der Waals surface area contributed by atoms with E-state index in [1.54, 1.807) is 12.1 Å². The number of aromatic nitrogens is 4. The fourth-order valence-electron chi connectivity index (χ4n) is 3.24. The van der Waals surface area contributed by atoms with Crippen molar-refractivity contribution in [2.75, 3.05) is 12.3 Å². The molecule has 0 spiro atoms. The Bertz CT molecular complexity index is 1090. The second-order valence-electron chi connectivity index (χ2n) is 6.71. The monoisotopic (exact) mass is 419 g/mol. The molecule has 0 unspecified atom stereocenters. The Morgan fingerprint density at radius 1 is 1.33 bits per heavy atom. The summed E-state index contributed by atoms with van der Waals surface area (Å²) < 4.78 is 8.07. The van der Waals surface area contributed by atoms with Gasteiger partial charge in [-0.05, 0) is 0 Å². The van der Waals surface area contributed by atoms with Crippen LogP contribution >= 0.6 is 0 Å². The Morgan fingerprint density at radius 2 is 2.13 bits per heavy atom. The highest BCUT2D eigenvalue weighted by atomic mass is 16.7. The predicted octanol–water partition coefficient (Wildman–Crippen LogP) is -1.55. The van der Waals surface area contributed by atoms with Gasteiger partial charge in [-0.25, -0.2) is 4.98 Å². The third kappa shape index (κ3) is 3.39. The van der Waals surface area contributed by atoms with Crippen molar-refractivity contribution in [1.29, 1.82) is 0 Å². The summed E-state index contributed by atoms with van der Waals surface area (Å²) in [6, 6.07) is 5.99. The Hall–Kier alpha value is -3.39. The van der Waals surface area contributed by atoms with Gasteiger partial charge in [-0.15, -0.1) is 0 Å². The number of nitrogen functional groups attached to an aromatic ring is 1. The minimum absolute atomic E-state index is 0.000730. The molecule has 3 aromatic rings. The summed E-state index contributed by atoms with van der Waals surface area (Å²) in [6.07, 6.45) is -1.86. The van der Waals surface area contributed by atoms with Crippen molar-refractivity contribution in [1.82, 2.24) is 14.5 Å². The summed E-state index contributed by atoms with van der Waals surface area (Å²) >= 11 is 0. The van der Waals surface area contributed by atoms with Crippen LogP contribution in [-0.2, 0) is 11.3 Å². The van der Waals surface area contributed by atoms with Crippen molar-refractivity contribution in [3.63, 3.8) is 0 Å². The number of aliphatic hydroxyl groups is 3. The number of nitro benzene ring substituents is 1. The first-order valence-electron chi connectivity index (χ1n) is 8.92. The average molecular weight is 419 g/mol. The van der Waals surface area contributed by atoms with Gasteiger partial charge in [0.05, 0.1) is 11.5 Å². The van der Waals surface area contributed by atoms with Crippen LogP contribution in [0.4, 0.5) is 11.5 Å². The molecule has 2 aromatic heterocycles. The van der Waals surface area contributed by atoms with E-state index in [0.717, 1.165) is 0 Å². The summed E-state index contributed by atoms with van der Waals surface area (Å²) in [6.45, 7) is -0.457. The molecule has 13 heteroatoms. The largest absolute Gasteiger partial charge is 0.394 e. The number of hydrogen-bond donors (Lipinski definition) is 4. The van der Waals surface area contributed by atoms with Crippen LogP contribution in [0.2, 0.25) is 0 Å². The molecule has 5 N–H and O–H groups in total. The minimum Gasteiger partial charge on any atom is -0.394 e. The lowest BCUT2D eigenvalue weighted by molar-refractivity contribution is -0.885. The number of rotatable bonds is 6. The lowest BCUT2D eigenvalue weighted by atomic mass is 10.1. The normalized spacial score (nSPS) is 23.7. The highest BCUT2D eigenvalue weighted by Crippen LogP contribution is 2.31. The number of fused-ring (bicyclic) bond motifs is 1. The molecule has 1 aliphatic rings. The molecule has 1 aromatic carbocycles. The first-order valence-corrected chi connectivity index (χ1v) is 8.92. The van der Waals surface area contributed by atoms with Crippen LogP contribution in [0.25, 0.3) is 11.2 Å². The molecule has 0 bridgehead atoms. The first-order chi connectivity index (χ1) is 14.4. The number of nitro groups is 1. The fraction of sp³-hybridized carbons (Fsp3) is 0.353. The Morgan fingerprint density at radius 3 is 2.83 bits per heavy atom. The van der Waals surface area contributed by atoms with E-state index in [1.807, 2.05) is 0 Å². The summed E-state index contributed by atoms with van der Waals surface area (Å²) in [4.78, 5) is 24.4. The second kappa shape index (κ2) is 7.79. The summed E-state index contributed by atoms with van der Waals surface area (Å²) in [7, 11) is 0. The molecular weight excluding hydrogens is 400 g/mol. The third-order valence-corrected chi connectivity index (χ3v) is 4.82. The first kappa shape index (κ1) is 19.9. The zero-order valence-corrected chi connectivity index (χ0v) is 15.5. The molecule has 0 saturated carbocycles. The van der Waals surface area contributed by atoms with E-state index in [2.05, 4.69) is 9.97 Å². The summed E-state index contributed by atoms with van der Waals surface area (Å²) in [5.41, 5.74) is 7.15. The van der Waals surface area contributed by atoms with E-state index in [4.69, 9.17) is 15.3 Å². The second-order valence-corrected chi connectivity index (χ2v) is 6.71. The van der Waals surface area contributed by atoms with Crippen LogP contribution in [0.1, 0.15) is 11.8 Å². The molecule has 0 radical (unpaired) electrons. The van der Waals surface area contributed by atoms with Gasteiger partial charge in [-0.3, -0.25) is 14.7 Å². The molecule has 1 aliphatic heterocycles. The molecule has 0 amide bonds. The smallest absolute Gasteiger partial charge is 0.289 e. The van der Waals surface area contributed by atoms with E-state index >= 15 is 0 Å². The van der Waals surface area contributed by atoms with Crippen molar-refractivity contribution in [2.24, 2.45) is 0 Å². The zero-order valence-electron chi connectivity index (χ0n) is 15.5. The van der Waals surface area contributed by atoms with Crippen molar-refractivity contribution in [3.05, 3.63) is 52.6 Å². The average Bonchev–Trinajstić information content (AvgIpc) is 3.29. The van der Waals surface area contributed by atoms with Gasteiger partial charge in [-0.1, -0.05) is 21.8 Å². The molecule has 30 heavy (non-hydrogen) atoms. The van der Waals surface area contributed by atoms with Gasteiger partial charge in [0.15, 0.2) is 12.8 Å². The lowest BCUT2D eigenvalue weighted by Crippen LogP contribution is -2.45. The van der Waals surface area contributed by atoms with E-state index in [1.165, 1.54) is 34.1 Å². The number of nitrogens with two attached hydrogens (primary N) is 1. The SMILES string of the molecule is Nc1c2ncn([C@@H]3O[C@H](CO)[C@@H](O)[C@H]3O)c2nc[n+]1OCc1cccc([N+](=O)[O-])c1. The fourth-order valence-corrected chi connectivity index (χ4v) is 3.24. The van der Waals surface area contributed by atoms with E-state index in [0.29, 0.717) is 5.56 Å². The van der Waals surface area contributed by atoms with Gasteiger partial charge in [-0.2, -0.15) is 0 Å². The van der Waals surface area contributed by atoms with Gasteiger partial charge in [0.1, 0.15) is 24.6 Å². The van der Waals surface area contributed by atoms with Crippen LogP contribution < -0.4 is 15.3 Å². The minimum atomic E-state index is -1.29. The topological polar surface area (TPSA) is 183 Å². The van der Waals surface area contributed by atoms with Crippen LogP contribution in [0.15, 0.2) is 36.9 Å². The van der Waals surface area contributed by atoms with Crippen LogP contribution in [0.5, 0.6) is 0 Å². The van der Waals surface area contributed by atoms with Crippen molar-refractivity contribution < 1.29 is 34.5 Å². The zero-order chi connectivity index (χ0) is 21.4. The number of ether oxygens (including phenoxy) is 1. The van der Waals surface area contributed by atoms with Gasteiger partial charge >= 0.3 is 0 Å². The lowest BCUT2D eigenvalue weighted by Gasteiger charge is -2.15. The molecule has 3 heterocycles. The molecule has 1 saturated heterocycles. The number of anilines is 1. The predicted molar refractivity (Wildman–Crippen MR) is 98.5 cm³/mol. The maximum absolute atomic E-state index is 10.9. The highest BCUT2D eigenvalue weighted by molar-refractivity contribution is 5.79. The molecule has 13 nitrogen and oxygen atoms in total. The van der Waals surface area contributed by atoms with Crippen LogP contribution in [0, 0.1) is 10.1 Å². The quantitative estimate of drug-likeness (QED) is 0.207. The third-order valence-electron chi connectivity index (χ3n) is 4.82. The highest BCUT2D eigenvalue weighted by Gasteiger charge is 2.44. The number of aliphatic hydroxyl groups excluding tert-OH is 3. The molecule has 0 aliphatic carbocycles. The number of hydrogen-bond acceptors (Lipinski definition) is 10. The van der Waals surface area contributed by atoms with E-state index in [-0.39, 0.29) is 29.3 Å². The number of benzene rings is 1. The molecule has 4 atom stereocenters. The number of imidazole rings is 1. The number of non-ortho nitro benzene ring substituents is 1. The van der Waals surface area contributed by atoms with Crippen molar-refractivity contribution >= 4 is 22.7 Å². The van der Waals surface area contributed by atoms with E-state index in [9.17, 15) is 25.4 Å². The Labute approximate surface area is 168 Å². The Balaban J connectivity index is 1.57. The molecule has 4 rings (SSSR count). The van der Waals surface area contributed by atoms with E-state index < -0.39 is 36.1 Å². The van der Waals surface area contributed by atoms with Crippen LogP contribution in [0.3, 0.4) is 0 Å². The molecule has 1 fully saturated rings. The van der Waals surface area contributed by atoms with Gasteiger partial charge < -0.3 is 30.6 Å². The standard InChI is InChI=1S/C17H18N6O7/c18-15-12-16(21(7-19-12)17-14(26)13(25)11(5-24)30-17)20-8-22(15)29-6-9-2-1-3-10(4-9)23(27)28/h1-4,7-8,11,13-14,17-18,24-26H,5-6H2/p+1/t11-,13-,14-,17-/m1/s1. The number of nitrogens with zero attached hydrogens (tertiary/aromatic N) is 5. The van der Waals surface area contributed by atoms with Gasteiger partial charge in [0.25, 0.3) is 17.8 Å². The maximum Gasteiger partial charge on any atom is 0.289 e. The van der Waals surface area contributed by atoms with Crippen molar-refractivity contribution in [2.45, 2.75) is 31.1 Å².